The second-order valence-corrected chi connectivity index (χ2v) is 7.41. The van der Waals surface area contributed by atoms with Gasteiger partial charge in [0.25, 0.3) is 0 Å². The van der Waals surface area contributed by atoms with Gasteiger partial charge in [0.05, 0.1) is 0 Å². The van der Waals surface area contributed by atoms with Crippen molar-refractivity contribution in [1.82, 2.24) is 4.90 Å². The third-order valence-corrected chi connectivity index (χ3v) is 5.31. The summed E-state index contributed by atoms with van der Waals surface area (Å²) >= 11 is 0. The molecule has 0 saturated heterocycles. The molecule has 134 valence electrons. The van der Waals surface area contributed by atoms with Crippen LogP contribution in [0.5, 0.6) is 0 Å². The topological polar surface area (TPSA) is 3.24 Å². The van der Waals surface area contributed by atoms with E-state index in [1.807, 2.05) is 0 Å². The van der Waals surface area contributed by atoms with E-state index in [1.54, 1.807) is 0 Å². The van der Waals surface area contributed by atoms with Crippen LogP contribution in [0, 0.1) is 0 Å². The zero-order valence-electron chi connectivity index (χ0n) is 16.2. The Hall–Kier alpha value is -0.720. The first-order valence-electron chi connectivity index (χ1n) is 10.4. The number of rotatable bonds is 14. The van der Waals surface area contributed by atoms with Crippen LogP contribution >= 0.6 is 0 Å². The summed E-state index contributed by atoms with van der Waals surface area (Å²) in [5.74, 6) is 0. The molecule has 0 saturated carbocycles. The third kappa shape index (κ3) is 9.89. The Labute approximate surface area is 146 Å². The quantitative estimate of drug-likeness (QED) is 0.305. The molecular formula is C22H41N. The van der Waals surface area contributed by atoms with Crippen LogP contribution in [0.2, 0.25) is 0 Å². The summed E-state index contributed by atoms with van der Waals surface area (Å²) in [6.45, 7) is 8.07. The number of hydrogen-bond acceptors (Lipinski definition) is 1. The van der Waals surface area contributed by atoms with Gasteiger partial charge in [0.15, 0.2) is 0 Å². The highest BCUT2D eigenvalue weighted by molar-refractivity contribution is 5.20. The van der Waals surface area contributed by atoms with Crippen molar-refractivity contribution >= 4 is 0 Å². The predicted molar refractivity (Wildman–Crippen MR) is 105 cm³/mol. The Morgan fingerprint density at radius 1 is 0.783 bits per heavy atom. The molecule has 1 heterocycles. The average molecular weight is 320 g/mol. The second kappa shape index (κ2) is 13.7. The monoisotopic (exact) mass is 319 g/mol. The van der Waals surface area contributed by atoms with E-state index in [9.17, 15) is 0 Å². The molecule has 1 aliphatic rings. The van der Waals surface area contributed by atoms with Crippen molar-refractivity contribution in [2.75, 3.05) is 6.54 Å². The zero-order valence-corrected chi connectivity index (χ0v) is 16.2. The minimum absolute atomic E-state index is 0.595. The highest BCUT2D eigenvalue weighted by Crippen LogP contribution is 2.17. The van der Waals surface area contributed by atoms with Gasteiger partial charge in [-0.15, -0.1) is 0 Å². The van der Waals surface area contributed by atoms with Crippen LogP contribution in [-0.4, -0.2) is 17.5 Å². The van der Waals surface area contributed by atoms with E-state index in [-0.39, 0.29) is 0 Å². The van der Waals surface area contributed by atoms with Gasteiger partial charge in [-0.1, -0.05) is 95.6 Å². The van der Waals surface area contributed by atoms with Crippen molar-refractivity contribution in [3.8, 4) is 0 Å². The van der Waals surface area contributed by atoms with Crippen LogP contribution in [0.3, 0.4) is 0 Å². The summed E-state index contributed by atoms with van der Waals surface area (Å²) in [6.07, 6.45) is 25.3. The molecule has 1 nitrogen and oxygen atoms in total. The summed E-state index contributed by atoms with van der Waals surface area (Å²) in [5.41, 5.74) is 1.49. The molecular weight excluding hydrogens is 278 g/mol. The normalized spacial score (nSPS) is 17.6. The lowest BCUT2D eigenvalue weighted by atomic mass is 10.0. The molecule has 0 amide bonds. The average Bonchev–Trinajstić information content (AvgIpc) is 2.55. The smallest absolute Gasteiger partial charge is 0.0468 e. The number of allylic oxidation sites excluding steroid dienone is 2. The first-order valence-corrected chi connectivity index (χ1v) is 10.4. The van der Waals surface area contributed by atoms with Gasteiger partial charge in [0, 0.05) is 12.6 Å². The predicted octanol–water partition coefficient (Wildman–Crippen LogP) is 7.24. The molecule has 1 atom stereocenters. The minimum atomic E-state index is 0.595. The molecule has 1 aliphatic heterocycles. The highest BCUT2D eigenvalue weighted by Gasteiger charge is 2.13. The Morgan fingerprint density at radius 2 is 1.26 bits per heavy atom. The van der Waals surface area contributed by atoms with Crippen LogP contribution in [0.1, 0.15) is 104 Å². The molecule has 0 fully saturated rings. The number of nitrogens with zero attached hydrogens (tertiary/aromatic N) is 1. The largest absolute Gasteiger partial charge is 0.371 e. The Balaban J connectivity index is 1.82. The molecule has 0 spiro atoms. The van der Waals surface area contributed by atoms with Gasteiger partial charge in [-0.25, -0.2) is 0 Å². The molecule has 0 N–H and O–H groups in total. The van der Waals surface area contributed by atoms with Gasteiger partial charge in [0.1, 0.15) is 0 Å². The van der Waals surface area contributed by atoms with Crippen LogP contribution < -0.4 is 0 Å². The van der Waals surface area contributed by atoms with Crippen LogP contribution in [0.15, 0.2) is 23.9 Å². The van der Waals surface area contributed by atoms with E-state index >= 15 is 0 Å². The van der Waals surface area contributed by atoms with Crippen LogP contribution in [0.25, 0.3) is 0 Å². The lowest BCUT2D eigenvalue weighted by Crippen LogP contribution is -2.31. The maximum absolute atomic E-state index is 2.49. The molecule has 0 aromatic heterocycles. The van der Waals surface area contributed by atoms with E-state index in [4.69, 9.17) is 0 Å². The molecule has 1 heteroatoms. The standard InChI is InChI=1S/C22H41N/c1-4-5-6-7-8-9-10-11-12-13-14-15-16-19-23-20-17-18-21(2)22(23)3/h17-18,20,22H,4-16,19H2,1-3H3. The zero-order chi connectivity index (χ0) is 16.8. The maximum Gasteiger partial charge on any atom is 0.0468 e. The molecule has 0 aliphatic carbocycles. The van der Waals surface area contributed by atoms with Crippen molar-refractivity contribution in [1.29, 1.82) is 0 Å². The van der Waals surface area contributed by atoms with Crippen molar-refractivity contribution < 1.29 is 0 Å². The fourth-order valence-electron chi connectivity index (χ4n) is 3.42. The van der Waals surface area contributed by atoms with E-state index in [0.29, 0.717) is 6.04 Å². The van der Waals surface area contributed by atoms with Gasteiger partial charge in [-0.2, -0.15) is 0 Å². The molecule has 0 aromatic rings. The SMILES string of the molecule is CCCCCCCCCCCCCCCN1C=CC=C(C)C1C. The maximum atomic E-state index is 2.49. The van der Waals surface area contributed by atoms with Gasteiger partial charge in [0.2, 0.25) is 0 Å². The lowest BCUT2D eigenvalue weighted by molar-refractivity contribution is 0.311. The summed E-state index contributed by atoms with van der Waals surface area (Å²) in [5, 5.41) is 0. The summed E-state index contributed by atoms with van der Waals surface area (Å²) in [6, 6.07) is 0.595. The molecule has 1 unspecified atom stereocenters. The Kier molecular flexibility index (Phi) is 12.1. The van der Waals surface area contributed by atoms with Crippen molar-refractivity contribution in [3.63, 3.8) is 0 Å². The van der Waals surface area contributed by atoms with Gasteiger partial charge in [-0.05, 0) is 32.5 Å². The molecule has 0 bridgehead atoms. The minimum Gasteiger partial charge on any atom is -0.371 e. The number of unbranched alkanes of at least 4 members (excludes halogenated alkanes) is 12. The fourth-order valence-corrected chi connectivity index (χ4v) is 3.42. The first-order chi connectivity index (χ1) is 11.3. The van der Waals surface area contributed by atoms with Crippen LogP contribution in [-0.2, 0) is 0 Å². The first kappa shape index (κ1) is 20.3. The summed E-state index contributed by atoms with van der Waals surface area (Å²) in [4.78, 5) is 2.49. The van der Waals surface area contributed by atoms with E-state index in [0.717, 1.165) is 0 Å². The molecule has 0 radical (unpaired) electrons. The van der Waals surface area contributed by atoms with Gasteiger partial charge < -0.3 is 4.90 Å². The van der Waals surface area contributed by atoms with E-state index in [2.05, 4.69) is 44.0 Å². The van der Waals surface area contributed by atoms with Crippen molar-refractivity contribution in [2.24, 2.45) is 0 Å². The van der Waals surface area contributed by atoms with Crippen LogP contribution in [0.4, 0.5) is 0 Å². The fraction of sp³-hybridized carbons (Fsp3) is 0.818. The third-order valence-electron chi connectivity index (χ3n) is 5.31. The second-order valence-electron chi connectivity index (χ2n) is 7.41. The Bertz CT molecular complexity index is 329. The summed E-state index contributed by atoms with van der Waals surface area (Å²) < 4.78 is 0. The van der Waals surface area contributed by atoms with E-state index in [1.165, 1.54) is 95.6 Å². The molecule has 1 rings (SSSR count). The van der Waals surface area contributed by atoms with Crippen molar-refractivity contribution in [2.45, 2.75) is 110 Å². The summed E-state index contributed by atoms with van der Waals surface area (Å²) in [7, 11) is 0. The molecule has 0 aromatic carbocycles. The van der Waals surface area contributed by atoms with E-state index < -0.39 is 0 Å². The Morgan fingerprint density at radius 3 is 1.78 bits per heavy atom. The molecule has 23 heavy (non-hydrogen) atoms. The van der Waals surface area contributed by atoms with Gasteiger partial charge in [-0.3, -0.25) is 0 Å². The number of hydrogen-bond donors (Lipinski definition) is 0. The lowest BCUT2D eigenvalue weighted by Gasteiger charge is -2.30. The highest BCUT2D eigenvalue weighted by atomic mass is 15.1. The van der Waals surface area contributed by atoms with Crippen molar-refractivity contribution in [3.05, 3.63) is 23.9 Å². The van der Waals surface area contributed by atoms with Gasteiger partial charge >= 0.3 is 0 Å².